The van der Waals surface area contributed by atoms with Gasteiger partial charge < -0.3 is 9.80 Å². The van der Waals surface area contributed by atoms with Crippen molar-refractivity contribution >= 4 is 16.8 Å². The van der Waals surface area contributed by atoms with Crippen LogP contribution >= 0.6 is 0 Å². The molecule has 1 fully saturated rings. The highest BCUT2D eigenvalue weighted by Gasteiger charge is 2.47. The molecule has 5 aliphatic carbocycles. The maximum atomic E-state index is 2.76. The number of anilines is 1. The Labute approximate surface area is 297 Å². The summed E-state index contributed by atoms with van der Waals surface area (Å²) in [5.41, 5.74) is 12.7. The third-order valence-corrected chi connectivity index (χ3v) is 12.4. The highest BCUT2D eigenvalue weighted by molar-refractivity contribution is 5.73. The van der Waals surface area contributed by atoms with Crippen LogP contribution in [-0.2, 0) is 0 Å². The summed E-state index contributed by atoms with van der Waals surface area (Å²) in [4.78, 5) is 5.50. The molecular weight excluding hydrogens is 605 g/mol. The number of para-hydroxylation sites is 1. The van der Waals surface area contributed by atoms with Crippen molar-refractivity contribution in [2.75, 3.05) is 4.90 Å². The third-order valence-electron chi connectivity index (χ3n) is 12.4. The largest absolute Gasteiger partial charge is 0.361 e. The Kier molecular flexibility index (Phi) is 7.36. The van der Waals surface area contributed by atoms with Crippen LogP contribution in [0, 0.1) is 11.8 Å². The molecule has 0 radical (unpaired) electrons. The van der Waals surface area contributed by atoms with E-state index in [-0.39, 0.29) is 0 Å². The summed E-state index contributed by atoms with van der Waals surface area (Å²) in [6, 6.07) is 32.6. The zero-order valence-electron chi connectivity index (χ0n) is 28.6. The van der Waals surface area contributed by atoms with Crippen molar-refractivity contribution in [3.63, 3.8) is 0 Å². The lowest BCUT2D eigenvalue weighted by molar-refractivity contribution is 0.291. The summed E-state index contributed by atoms with van der Waals surface area (Å²) in [6.07, 6.45) is 37.7. The summed E-state index contributed by atoms with van der Waals surface area (Å²) >= 11 is 0. The van der Waals surface area contributed by atoms with Crippen LogP contribution in [0.15, 0.2) is 181 Å². The molecule has 246 valence electrons. The van der Waals surface area contributed by atoms with Gasteiger partial charge in [0, 0.05) is 35.2 Å². The van der Waals surface area contributed by atoms with Gasteiger partial charge in [-0.05, 0) is 83.2 Å². The molecule has 0 N–H and O–H groups in total. The van der Waals surface area contributed by atoms with Crippen LogP contribution in [-0.4, -0.2) is 29.1 Å². The predicted octanol–water partition coefficient (Wildman–Crippen LogP) is 10.8. The lowest BCUT2D eigenvalue weighted by Gasteiger charge is -2.38. The minimum Gasteiger partial charge on any atom is -0.361 e. The molecule has 6 unspecified atom stereocenters. The summed E-state index contributed by atoms with van der Waals surface area (Å²) in [6.45, 7) is 0. The number of rotatable bonds is 5. The van der Waals surface area contributed by atoms with E-state index < -0.39 is 0 Å². The smallest absolute Gasteiger partial charge is 0.0587 e. The summed E-state index contributed by atoms with van der Waals surface area (Å²) < 4.78 is 0. The van der Waals surface area contributed by atoms with Gasteiger partial charge in [-0.15, -0.1) is 0 Å². The molecule has 0 amide bonds. The van der Waals surface area contributed by atoms with Gasteiger partial charge in [0.05, 0.1) is 18.1 Å². The highest BCUT2D eigenvalue weighted by atomic mass is 15.2. The quantitative estimate of drug-likeness (QED) is 0.272. The Bertz CT molecular complexity index is 2080. The molecule has 2 nitrogen and oxygen atoms in total. The van der Waals surface area contributed by atoms with Crippen LogP contribution in [0.1, 0.15) is 54.7 Å². The first-order valence-electron chi connectivity index (χ1n) is 18.8. The molecule has 1 saturated heterocycles. The molecule has 2 heteroatoms. The van der Waals surface area contributed by atoms with Gasteiger partial charge in [-0.1, -0.05) is 152 Å². The van der Waals surface area contributed by atoms with Crippen molar-refractivity contribution in [2.24, 2.45) is 11.8 Å². The van der Waals surface area contributed by atoms with Gasteiger partial charge >= 0.3 is 0 Å². The van der Waals surface area contributed by atoms with E-state index in [1.54, 1.807) is 0 Å². The molecule has 50 heavy (non-hydrogen) atoms. The summed E-state index contributed by atoms with van der Waals surface area (Å²) in [5, 5.41) is 0. The predicted molar refractivity (Wildman–Crippen MR) is 208 cm³/mol. The fraction of sp³-hybridized carbons (Fsp3) is 0.250. The van der Waals surface area contributed by atoms with E-state index in [0.717, 1.165) is 12.8 Å². The molecule has 0 saturated carbocycles. The van der Waals surface area contributed by atoms with Crippen molar-refractivity contribution in [1.82, 2.24) is 4.90 Å². The van der Waals surface area contributed by atoms with E-state index in [1.807, 2.05) is 0 Å². The number of hydrogen-bond donors (Lipinski definition) is 0. The number of benzene rings is 3. The maximum absolute atomic E-state index is 2.76. The second-order valence-electron chi connectivity index (χ2n) is 15.0. The van der Waals surface area contributed by atoms with Crippen LogP contribution in [0.5, 0.6) is 0 Å². The molecule has 10 rings (SSSR count). The Morgan fingerprint density at radius 3 is 2.06 bits per heavy atom. The van der Waals surface area contributed by atoms with Crippen LogP contribution in [0.2, 0.25) is 0 Å². The molecule has 0 spiro atoms. The topological polar surface area (TPSA) is 6.48 Å². The average molecular weight is 649 g/mol. The highest BCUT2D eigenvalue weighted by Crippen LogP contribution is 2.50. The molecule has 7 aliphatic rings. The van der Waals surface area contributed by atoms with Gasteiger partial charge in [0.2, 0.25) is 0 Å². The van der Waals surface area contributed by atoms with Crippen molar-refractivity contribution in [3.05, 3.63) is 197 Å². The molecule has 0 bridgehead atoms. The van der Waals surface area contributed by atoms with Crippen molar-refractivity contribution < 1.29 is 0 Å². The molecule has 7 atom stereocenters. The Morgan fingerprint density at radius 1 is 0.520 bits per heavy atom. The van der Waals surface area contributed by atoms with Gasteiger partial charge in [-0.3, -0.25) is 0 Å². The molecule has 3 aromatic rings. The summed E-state index contributed by atoms with van der Waals surface area (Å²) in [5.74, 6) is 1.33. The number of likely N-dealkylation sites (tertiary alicyclic amines) is 1. The third kappa shape index (κ3) is 4.99. The second-order valence-corrected chi connectivity index (χ2v) is 15.0. The van der Waals surface area contributed by atoms with Crippen LogP contribution in [0.4, 0.5) is 5.69 Å². The van der Waals surface area contributed by atoms with E-state index in [4.69, 9.17) is 0 Å². The van der Waals surface area contributed by atoms with E-state index in [0.29, 0.717) is 41.9 Å². The number of allylic oxidation sites excluding steroid dienone is 11. The van der Waals surface area contributed by atoms with E-state index in [9.17, 15) is 0 Å². The van der Waals surface area contributed by atoms with Gasteiger partial charge in [0.1, 0.15) is 0 Å². The first-order valence-corrected chi connectivity index (χ1v) is 18.8. The fourth-order valence-electron chi connectivity index (χ4n) is 10.0. The monoisotopic (exact) mass is 648 g/mol. The minimum atomic E-state index is 0.340. The maximum Gasteiger partial charge on any atom is 0.0587 e. The Morgan fingerprint density at radius 2 is 1.24 bits per heavy atom. The van der Waals surface area contributed by atoms with Crippen molar-refractivity contribution in [2.45, 2.75) is 62.2 Å². The molecular formula is C48H44N2. The summed E-state index contributed by atoms with van der Waals surface area (Å²) in [7, 11) is 0. The van der Waals surface area contributed by atoms with Crippen molar-refractivity contribution in [3.8, 4) is 0 Å². The number of nitrogens with zero attached hydrogens (tertiary/aromatic N) is 2. The van der Waals surface area contributed by atoms with Crippen LogP contribution < -0.4 is 4.90 Å². The van der Waals surface area contributed by atoms with Gasteiger partial charge in [0.25, 0.3) is 0 Å². The average Bonchev–Trinajstić information content (AvgIpc) is 3.71. The van der Waals surface area contributed by atoms with Crippen molar-refractivity contribution in [1.29, 1.82) is 0 Å². The van der Waals surface area contributed by atoms with E-state index >= 15 is 0 Å². The normalized spacial score (nSPS) is 30.4. The Balaban J connectivity index is 0.970. The Hall–Kier alpha value is -5.08. The molecule has 2 aliphatic heterocycles. The first kappa shape index (κ1) is 29.8. The SMILES string of the molecule is C1=CC2C(C=C1)N(C1=CC=C(c3ccccc3)CC1)C1C=C(C3=CC4c5ccccc5N(C5C=C(c6ccccc6)CCC5)C4C=C3)C=C[C@@H]21. The fourth-order valence-corrected chi connectivity index (χ4v) is 10.0. The van der Waals surface area contributed by atoms with Crippen LogP contribution in [0.25, 0.3) is 11.1 Å². The van der Waals surface area contributed by atoms with Crippen LogP contribution in [0.3, 0.4) is 0 Å². The second kappa shape index (κ2) is 12.4. The van der Waals surface area contributed by atoms with E-state index in [1.165, 1.54) is 69.6 Å². The van der Waals surface area contributed by atoms with Gasteiger partial charge in [-0.25, -0.2) is 0 Å². The zero-order chi connectivity index (χ0) is 33.0. The van der Waals surface area contributed by atoms with Gasteiger partial charge in [-0.2, -0.15) is 0 Å². The number of fused-ring (bicyclic) bond motifs is 6. The lowest BCUT2D eigenvalue weighted by Crippen LogP contribution is -2.41. The molecule has 3 aromatic carbocycles. The standard InChI is InChI=1S/C48H44N2/c1-3-12-33(13-4-1)35-22-26-39(27-23-35)49-45-20-9-7-18-41(45)43-28-24-38(32-48(43)49)37-25-29-47-44(31-37)42-19-8-10-21-46(42)50(47)40-17-11-16-36(30-40)34-14-5-2-6-15-34/h1-10,12-15,18-22,24-26,28-32,40-41,43-45,47-48H,11,16-17,23,27H2/t40?,41?,43-,44?,45?,47?,48?/m0/s1. The molecule has 0 aromatic heterocycles. The van der Waals surface area contributed by atoms with E-state index in [2.05, 4.69) is 174 Å². The number of hydrogen-bond acceptors (Lipinski definition) is 2. The molecule has 2 heterocycles. The zero-order valence-corrected chi connectivity index (χ0v) is 28.6. The lowest BCUT2D eigenvalue weighted by atomic mass is 9.79. The first-order chi connectivity index (χ1) is 24.8. The minimum absolute atomic E-state index is 0.340. The van der Waals surface area contributed by atoms with Gasteiger partial charge in [0.15, 0.2) is 0 Å².